The summed E-state index contributed by atoms with van der Waals surface area (Å²) in [5, 5.41) is 0. The van der Waals surface area contributed by atoms with Gasteiger partial charge in [0.05, 0.1) is 5.70 Å². The summed E-state index contributed by atoms with van der Waals surface area (Å²) >= 11 is 0. The van der Waals surface area contributed by atoms with Crippen molar-refractivity contribution in [3.63, 3.8) is 0 Å². The fraction of sp³-hybridized carbons (Fsp3) is 0.643. The molecule has 0 saturated heterocycles. The van der Waals surface area contributed by atoms with Crippen LogP contribution < -0.4 is 0 Å². The fourth-order valence-corrected chi connectivity index (χ4v) is 2.22. The molecule has 1 aliphatic heterocycles. The van der Waals surface area contributed by atoms with Crippen molar-refractivity contribution in [2.45, 2.75) is 54.4 Å². The van der Waals surface area contributed by atoms with E-state index in [0.717, 1.165) is 12.8 Å². The Balaban J connectivity index is 3.29. The summed E-state index contributed by atoms with van der Waals surface area (Å²) in [6.45, 7) is 13.2. The lowest BCUT2D eigenvalue weighted by atomic mass is 9.94. The largest absolute Gasteiger partial charge is 0.253 e. The Morgan fingerprint density at radius 3 is 1.93 bits per heavy atom. The predicted octanol–water partition coefficient (Wildman–Crippen LogP) is 4.51. The van der Waals surface area contributed by atoms with Crippen molar-refractivity contribution in [2.75, 3.05) is 0 Å². The van der Waals surface area contributed by atoms with Crippen LogP contribution in [-0.2, 0) is 0 Å². The minimum Gasteiger partial charge on any atom is -0.253 e. The number of nitrogens with zero attached hydrogens (tertiary/aromatic N) is 1. The molecule has 0 aromatic rings. The second-order valence-electron chi connectivity index (χ2n) is 4.66. The van der Waals surface area contributed by atoms with Gasteiger partial charge in [0.25, 0.3) is 0 Å². The first kappa shape index (κ1) is 12.2. The van der Waals surface area contributed by atoms with Crippen LogP contribution in [0.15, 0.2) is 27.4 Å². The number of hydrogen-bond donors (Lipinski definition) is 0. The molecule has 0 unspecified atom stereocenters. The lowest BCUT2D eigenvalue weighted by Crippen LogP contribution is -2.08. The molecule has 0 fully saturated rings. The van der Waals surface area contributed by atoms with Gasteiger partial charge < -0.3 is 0 Å². The Hall–Kier alpha value is -0.850. The van der Waals surface area contributed by atoms with E-state index in [-0.39, 0.29) is 0 Å². The smallest absolute Gasteiger partial charge is 0.0654 e. The average Bonchev–Trinajstić information content (AvgIpc) is 2.55. The van der Waals surface area contributed by atoms with Crippen molar-refractivity contribution in [3.05, 3.63) is 22.4 Å². The first-order valence-electron chi connectivity index (χ1n) is 6.01. The first-order valence-corrected chi connectivity index (χ1v) is 6.01. The van der Waals surface area contributed by atoms with Crippen LogP contribution in [0.3, 0.4) is 0 Å². The molecule has 0 aromatic heterocycles. The Kier molecular flexibility index (Phi) is 3.90. The summed E-state index contributed by atoms with van der Waals surface area (Å²) in [7, 11) is 0. The Labute approximate surface area is 94.0 Å². The molecule has 1 heteroatoms. The van der Waals surface area contributed by atoms with Crippen LogP contribution in [0, 0.1) is 5.92 Å². The summed E-state index contributed by atoms with van der Waals surface area (Å²) in [6, 6.07) is 0. The minimum absolute atomic E-state index is 0.540. The van der Waals surface area contributed by atoms with Crippen LogP contribution in [0.4, 0.5) is 0 Å². The number of rotatable bonds is 3. The van der Waals surface area contributed by atoms with E-state index in [2.05, 4.69) is 41.5 Å². The van der Waals surface area contributed by atoms with E-state index in [0.29, 0.717) is 5.92 Å². The highest BCUT2D eigenvalue weighted by molar-refractivity contribution is 6.06. The quantitative estimate of drug-likeness (QED) is 0.643. The Morgan fingerprint density at radius 2 is 1.60 bits per heavy atom. The third-order valence-electron chi connectivity index (χ3n) is 2.92. The van der Waals surface area contributed by atoms with E-state index in [4.69, 9.17) is 4.99 Å². The third kappa shape index (κ3) is 2.22. The zero-order valence-electron chi connectivity index (χ0n) is 10.9. The molecule has 0 aromatic carbocycles. The topological polar surface area (TPSA) is 12.4 Å². The highest BCUT2D eigenvalue weighted by atomic mass is 14.8. The highest BCUT2D eigenvalue weighted by Gasteiger charge is 2.23. The van der Waals surface area contributed by atoms with Gasteiger partial charge in [0.2, 0.25) is 0 Å². The van der Waals surface area contributed by atoms with Crippen molar-refractivity contribution in [1.82, 2.24) is 0 Å². The molecule has 1 nitrogen and oxygen atoms in total. The third-order valence-corrected chi connectivity index (χ3v) is 2.92. The molecule has 0 spiro atoms. The van der Waals surface area contributed by atoms with Crippen molar-refractivity contribution < 1.29 is 0 Å². The van der Waals surface area contributed by atoms with Gasteiger partial charge in [-0.25, -0.2) is 0 Å². The van der Waals surface area contributed by atoms with Crippen LogP contribution in [-0.4, -0.2) is 5.71 Å². The van der Waals surface area contributed by atoms with E-state index in [1.54, 1.807) is 0 Å². The van der Waals surface area contributed by atoms with E-state index >= 15 is 0 Å². The number of hydrogen-bond acceptors (Lipinski definition) is 1. The molecule has 0 aliphatic carbocycles. The molecule has 1 rings (SSSR count). The summed E-state index contributed by atoms with van der Waals surface area (Å²) < 4.78 is 0. The normalized spacial score (nSPS) is 16.5. The van der Waals surface area contributed by atoms with Gasteiger partial charge in [-0.3, -0.25) is 4.99 Å². The maximum atomic E-state index is 4.81. The van der Waals surface area contributed by atoms with Gasteiger partial charge in [0.15, 0.2) is 0 Å². The molecule has 0 bridgehead atoms. The SMILES string of the molecule is CCC1=C(CC)C(=C(C)C)N=C1C(C)C. The van der Waals surface area contributed by atoms with Crippen molar-refractivity contribution in [3.8, 4) is 0 Å². The summed E-state index contributed by atoms with van der Waals surface area (Å²) in [6.07, 6.45) is 2.21. The van der Waals surface area contributed by atoms with E-state index in [1.165, 1.54) is 28.1 Å². The lowest BCUT2D eigenvalue weighted by Gasteiger charge is -2.09. The maximum Gasteiger partial charge on any atom is 0.0654 e. The monoisotopic (exact) mass is 205 g/mol. The molecule has 0 N–H and O–H groups in total. The van der Waals surface area contributed by atoms with E-state index < -0.39 is 0 Å². The molecular formula is C14H23N. The second kappa shape index (κ2) is 4.78. The van der Waals surface area contributed by atoms with Gasteiger partial charge >= 0.3 is 0 Å². The molecule has 0 radical (unpaired) electrons. The highest BCUT2D eigenvalue weighted by Crippen LogP contribution is 2.33. The van der Waals surface area contributed by atoms with Crippen LogP contribution in [0.1, 0.15) is 54.4 Å². The van der Waals surface area contributed by atoms with E-state index in [9.17, 15) is 0 Å². The molecule has 15 heavy (non-hydrogen) atoms. The van der Waals surface area contributed by atoms with Crippen LogP contribution >= 0.6 is 0 Å². The van der Waals surface area contributed by atoms with Gasteiger partial charge in [0, 0.05) is 5.71 Å². The van der Waals surface area contributed by atoms with Crippen molar-refractivity contribution in [2.24, 2.45) is 10.9 Å². The van der Waals surface area contributed by atoms with Crippen molar-refractivity contribution in [1.29, 1.82) is 0 Å². The lowest BCUT2D eigenvalue weighted by molar-refractivity contribution is 0.876. The zero-order valence-corrected chi connectivity index (χ0v) is 10.9. The Morgan fingerprint density at radius 1 is 1.07 bits per heavy atom. The number of allylic oxidation sites excluding steroid dienone is 3. The molecule has 1 aliphatic rings. The van der Waals surface area contributed by atoms with Crippen LogP contribution in [0.5, 0.6) is 0 Å². The van der Waals surface area contributed by atoms with Gasteiger partial charge in [0.1, 0.15) is 0 Å². The zero-order chi connectivity index (χ0) is 11.6. The second-order valence-corrected chi connectivity index (χ2v) is 4.66. The Bertz CT molecular complexity index is 336. The summed E-state index contributed by atoms with van der Waals surface area (Å²) in [5.74, 6) is 0.540. The van der Waals surface area contributed by atoms with Gasteiger partial charge in [-0.2, -0.15) is 0 Å². The summed E-state index contributed by atoms with van der Waals surface area (Å²) in [4.78, 5) is 4.81. The van der Waals surface area contributed by atoms with Gasteiger partial charge in [-0.05, 0) is 43.8 Å². The van der Waals surface area contributed by atoms with Crippen molar-refractivity contribution >= 4 is 5.71 Å². The summed E-state index contributed by atoms with van der Waals surface area (Å²) in [5.41, 5.74) is 6.86. The molecular weight excluding hydrogens is 182 g/mol. The van der Waals surface area contributed by atoms with E-state index in [1.807, 2.05) is 0 Å². The molecule has 84 valence electrons. The fourth-order valence-electron chi connectivity index (χ4n) is 2.22. The molecule has 1 heterocycles. The molecule has 0 saturated carbocycles. The average molecular weight is 205 g/mol. The maximum absolute atomic E-state index is 4.81. The number of aliphatic imine (C=N–C) groups is 1. The van der Waals surface area contributed by atoms with Gasteiger partial charge in [-0.15, -0.1) is 0 Å². The first-order chi connectivity index (χ1) is 7.02. The predicted molar refractivity (Wildman–Crippen MR) is 68.3 cm³/mol. The molecule has 0 amide bonds. The van der Waals surface area contributed by atoms with Crippen LogP contribution in [0.25, 0.3) is 0 Å². The van der Waals surface area contributed by atoms with Crippen LogP contribution in [0.2, 0.25) is 0 Å². The minimum atomic E-state index is 0.540. The standard InChI is InChI=1S/C14H23N/c1-7-11-12(8-2)14(10(5)6)15-13(11)9(3)4/h9H,7-8H2,1-6H3. The molecule has 0 atom stereocenters. The van der Waals surface area contributed by atoms with Gasteiger partial charge in [-0.1, -0.05) is 33.3 Å².